The van der Waals surface area contributed by atoms with E-state index in [0.29, 0.717) is 12.6 Å². The second-order valence-electron chi connectivity index (χ2n) is 4.11. The molecule has 1 saturated heterocycles. The summed E-state index contributed by atoms with van der Waals surface area (Å²) in [6.45, 7) is 0.604. The van der Waals surface area contributed by atoms with Gasteiger partial charge in [0.05, 0.1) is 0 Å². The Balaban J connectivity index is 2.26. The molecule has 0 aromatic heterocycles. The standard InChI is InChI=1S/C12H17BrN2S/c1-15(11-4-5-16-8-11)12-6-10(13)3-2-9(12)7-14/h2-3,6,11H,4-5,7-8,14H2,1H3. The first kappa shape index (κ1) is 12.3. The van der Waals surface area contributed by atoms with Crippen molar-refractivity contribution >= 4 is 33.4 Å². The lowest BCUT2D eigenvalue weighted by Gasteiger charge is -2.28. The van der Waals surface area contributed by atoms with E-state index in [1.54, 1.807) is 0 Å². The Labute approximate surface area is 110 Å². The Bertz CT molecular complexity index is 364. The number of anilines is 1. The van der Waals surface area contributed by atoms with Crippen LogP contribution in [0.15, 0.2) is 22.7 Å². The lowest BCUT2D eigenvalue weighted by molar-refractivity contribution is 0.696. The van der Waals surface area contributed by atoms with Gasteiger partial charge in [0.15, 0.2) is 0 Å². The summed E-state index contributed by atoms with van der Waals surface area (Å²) in [7, 11) is 2.18. The Morgan fingerprint density at radius 3 is 3.00 bits per heavy atom. The Morgan fingerprint density at radius 2 is 2.38 bits per heavy atom. The van der Waals surface area contributed by atoms with Gasteiger partial charge >= 0.3 is 0 Å². The van der Waals surface area contributed by atoms with Crippen molar-refractivity contribution < 1.29 is 0 Å². The second-order valence-corrected chi connectivity index (χ2v) is 6.17. The molecule has 0 radical (unpaired) electrons. The molecule has 2 nitrogen and oxygen atoms in total. The zero-order valence-corrected chi connectivity index (χ0v) is 11.9. The van der Waals surface area contributed by atoms with Crippen molar-refractivity contribution in [3.63, 3.8) is 0 Å². The minimum atomic E-state index is 0.604. The van der Waals surface area contributed by atoms with Crippen LogP contribution in [0, 0.1) is 0 Å². The smallest absolute Gasteiger partial charge is 0.0423 e. The van der Waals surface area contributed by atoms with Gasteiger partial charge in [-0.3, -0.25) is 0 Å². The van der Waals surface area contributed by atoms with Crippen molar-refractivity contribution in [1.29, 1.82) is 0 Å². The third kappa shape index (κ3) is 2.55. The predicted molar refractivity (Wildman–Crippen MR) is 76.2 cm³/mol. The van der Waals surface area contributed by atoms with Crippen LogP contribution in [0.5, 0.6) is 0 Å². The van der Waals surface area contributed by atoms with Gasteiger partial charge in [0.1, 0.15) is 0 Å². The lowest BCUT2D eigenvalue weighted by Crippen LogP contribution is -2.32. The van der Waals surface area contributed by atoms with E-state index >= 15 is 0 Å². The van der Waals surface area contributed by atoms with Crippen molar-refractivity contribution in [3.05, 3.63) is 28.2 Å². The van der Waals surface area contributed by atoms with Gasteiger partial charge in [0, 0.05) is 35.5 Å². The predicted octanol–water partition coefficient (Wildman–Crippen LogP) is 2.85. The highest BCUT2D eigenvalue weighted by Crippen LogP contribution is 2.30. The molecule has 1 aliphatic rings. The number of halogens is 1. The molecule has 0 saturated carbocycles. The monoisotopic (exact) mass is 300 g/mol. The van der Waals surface area contributed by atoms with Crippen molar-refractivity contribution in [3.8, 4) is 0 Å². The summed E-state index contributed by atoms with van der Waals surface area (Å²) in [5.74, 6) is 2.51. The van der Waals surface area contributed by atoms with Gasteiger partial charge in [-0.15, -0.1) is 0 Å². The van der Waals surface area contributed by atoms with E-state index in [9.17, 15) is 0 Å². The topological polar surface area (TPSA) is 29.3 Å². The first-order chi connectivity index (χ1) is 7.72. The highest BCUT2D eigenvalue weighted by atomic mass is 79.9. The summed E-state index contributed by atoms with van der Waals surface area (Å²) in [6, 6.07) is 7.00. The number of nitrogens with zero attached hydrogens (tertiary/aromatic N) is 1. The van der Waals surface area contributed by atoms with E-state index in [1.807, 2.05) is 11.8 Å². The summed E-state index contributed by atoms with van der Waals surface area (Å²) in [4.78, 5) is 2.38. The number of hydrogen-bond acceptors (Lipinski definition) is 3. The van der Waals surface area contributed by atoms with Crippen LogP contribution in [0.2, 0.25) is 0 Å². The molecule has 1 unspecified atom stereocenters. The highest BCUT2D eigenvalue weighted by Gasteiger charge is 2.21. The van der Waals surface area contributed by atoms with Gasteiger partial charge in [-0.05, 0) is 29.9 Å². The van der Waals surface area contributed by atoms with Crippen LogP contribution in [-0.2, 0) is 6.54 Å². The van der Waals surface area contributed by atoms with Gasteiger partial charge in [-0.1, -0.05) is 22.0 Å². The number of rotatable bonds is 3. The first-order valence-corrected chi connectivity index (χ1v) is 7.46. The van der Waals surface area contributed by atoms with E-state index in [-0.39, 0.29) is 0 Å². The average Bonchev–Trinajstić information content (AvgIpc) is 2.81. The van der Waals surface area contributed by atoms with Gasteiger partial charge in [0.25, 0.3) is 0 Å². The molecule has 4 heteroatoms. The molecule has 1 aliphatic heterocycles. The fraction of sp³-hybridized carbons (Fsp3) is 0.500. The number of nitrogens with two attached hydrogens (primary N) is 1. The maximum Gasteiger partial charge on any atom is 0.0423 e. The normalized spacial score (nSPS) is 20.1. The first-order valence-electron chi connectivity index (χ1n) is 5.51. The zero-order valence-electron chi connectivity index (χ0n) is 9.45. The Kier molecular flexibility index (Phi) is 4.16. The summed E-state index contributed by atoms with van der Waals surface area (Å²) in [6.07, 6.45) is 1.28. The number of benzene rings is 1. The van der Waals surface area contributed by atoms with Crippen molar-refractivity contribution in [2.75, 3.05) is 23.5 Å². The molecule has 2 N–H and O–H groups in total. The highest BCUT2D eigenvalue weighted by molar-refractivity contribution is 9.10. The summed E-state index contributed by atoms with van der Waals surface area (Å²) in [5, 5.41) is 0. The van der Waals surface area contributed by atoms with Crippen LogP contribution in [-0.4, -0.2) is 24.6 Å². The fourth-order valence-electron chi connectivity index (χ4n) is 2.06. The van der Waals surface area contributed by atoms with Crippen LogP contribution >= 0.6 is 27.7 Å². The van der Waals surface area contributed by atoms with E-state index in [2.05, 4.69) is 46.1 Å². The maximum absolute atomic E-state index is 5.79. The number of hydrogen-bond donors (Lipinski definition) is 1. The van der Waals surface area contributed by atoms with E-state index < -0.39 is 0 Å². The van der Waals surface area contributed by atoms with Crippen LogP contribution in [0.3, 0.4) is 0 Å². The molecule has 1 fully saturated rings. The van der Waals surface area contributed by atoms with Gasteiger partial charge < -0.3 is 10.6 Å². The molecule has 16 heavy (non-hydrogen) atoms. The average molecular weight is 301 g/mol. The van der Waals surface area contributed by atoms with Crippen molar-refractivity contribution in [2.45, 2.75) is 19.0 Å². The van der Waals surface area contributed by atoms with Crippen LogP contribution in [0.1, 0.15) is 12.0 Å². The maximum atomic E-state index is 5.79. The second kappa shape index (κ2) is 5.43. The summed E-state index contributed by atoms with van der Waals surface area (Å²) in [5.41, 5.74) is 8.28. The molecule has 0 spiro atoms. The third-order valence-electron chi connectivity index (χ3n) is 3.10. The van der Waals surface area contributed by atoms with Crippen LogP contribution in [0.25, 0.3) is 0 Å². The Hall–Kier alpha value is -0.190. The fourth-order valence-corrected chi connectivity index (χ4v) is 3.68. The minimum absolute atomic E-state index is 0.604. The van der Waals surface area contributed by atoms with Gasteiger partial charge in [-0.2, -0.15) is 11.8 Å². The molecule has 1 atom stereocenters. The quantitative estimate of drug-likeness (QED) is 0.931. The van der Waals surface area contributed by atoms with E-state index in [0.717, 1.165) is 4.47 Å². The van der Waals surface area contributed by atoms with Crippen molar-refractivity contribution in [2.24, 2.45) is 5.73 Å². The van der Waals surface area contributed by atoms with Crippen molar-refractivity contribution in [1.82, 2.24) is 0 Å². The summed E-state index contributed by atoms with van der Waals surface area (Å²) >= 11 is 5.57. The SMILES string of the molecule is CN(c1cc(Br)ccc1CN)C1CCSC1. The number of thioether (sulfide) groups is 1. The minimum Gasteiger partial charge on any atom is -0.370 e. The molecule has 0 bridgehead atoms. The van der Waals surface area contributed by atoms with Gasteiger partial charge in [0.2, 0.25) is 0 Å². The van der Waals surface area contributed by atoms with E-state index in [1.165, 1.54) is 29.2 Å². The third-order valence-corrected chi connectivity index (χ3v) is 4.74. The molecular formula is C12H17BrN2S. The summed E-state index contributed by atoms with van der Waals surface area (Å²) < 4.78 is 1.12. The lowest BCUT2D eigenvalue weighted by atomic mass is 10.1. The van der Waals surface area contributed by atoms with E-state index in [4.69, 9.17) is 5.73 Å². The molecule has 88 valence electrons. The van der Waals surface area contributed by atoms with Gasteiger partial charge in [-0.25, -0.2) is 0 Å². The molecule has 2 rings (SSSR count). The molecule has 1 aromatic carbocycles. The zero-order chi connectivity index (χ0) is 11.5. The molecule has 1 aromatic rings. The molecule has 0 aliphatic carbocycles. The van der Waals surface area contributed by atoms with Crippen LogP contribution < -0.4 is 10.6 Å². The molecule has 1 heterocycles. The Morgan fingerprint density at radius 1 is 1.56 bits per heavy atom. The molecular weight excluding hydrogens is 284 g/mol. The largest absolute Gasteiger partial charge is 0.370 e. The van der Waals surface area contributed by atoms with Crippen LogP contribution in [0.4, 0.5) is 5.69 Å². The molecule has 0 amide bonds.